The van der Waals surface area contributed by atoms with Crippen molar-refractivity contribution >= 4 is 17.7 Å². The Balaban J connectivity index is 1.22. The lowest BCUT2D eigenvalue weighted by Crippen LogP contribution is -2.71. The van der Waals surface area contributed by atoms with Gasteiger partial charge in [-0.1, -0.05) is 0 Å². The third-order valence-electron chi connectivity index (χ3n) is 17.8. The fraction of sp³-hybridized carbons (Fsp3) is 0.944. The number of carbonyl (C=O) groups excluding carboxylic acids is 3. The first kappa shape index (κ1) is 80.6. The highest BCUT2D eigenvalue weighted by atomic mass is 16.8. The molecule has 40 atom stereocenters. The largest absolute Gasteiger partial charge is 0.394 e. The van der Waals surface area contributed by atoms with Gasteiger partial charge in [0.1, 0.15) is 195 Å². The molecule has 0 unspecified atom stereocenters. The average Bonchev–Trinajstić information content (AvgIpc) is 0.772. The van der Waals surface area contributed by atoms with Gasteiger partial charge in [-0.05, 0) is 0 Å². The number of hydrogen-bond acceptors (Lipinski definition) is 41. The maximum atomic E-state index is 12.8. The molecule has 0 aromatic rings. The van der Waals surface area contributed by atoms with E-state index in [1.165, 1.54) is 0 Å². The van der Waals surface area contributed by atoms with E-state index in [0.717, 1.165) is 20.8 Å². The SMILES string of the molecule is CC(=O)N[C@@H]1[C@@H](O)[C@H](O[C@@H]2O[C@H](CO[C@H]3O[C@H](CO[C@H]4O[C@H](CO)[C@@H](O)[C@H](O)[C@@H]4O)[C@@H](O)[C@H](O[C@H]4O[C@H](CO)[C@@H](O)[C@H](O)[C@@H]4O)[C@@H]3O)[C@@H](O[C@@H]3O[C@H](CO)[C@@H](O)[C@H](O)[C@H]3NC(C)=O)[C@H](O[C@H]3O[C@H](CO)[C@@H](O)[C@H](O[C@@H]4O[C@H](CO)[C@@H](O)[C@H](O)[C@H]4NC(C)=O)[C@@H]3O)[C@@H]2O)[C@@H](CO)O[C@H]1O. The first-order chi connectivity index (χ1) is 46.3. The van der Waals surface area contributed by atoms with Gasteiger partial charge in [-0.3, -0.25) is 14.4 Å². The Morgan fingerprint density at radius 2 is 0.561 bits per heavy atom. The van der Waals surface area contributed by atoms with Crippen molar-refractivity contribution in [2.45, 2.75) is 266 Å². The van der Waals surface area contributed by atoms with E-state index in [-0.39, 0.29) is 0 Å². The zero-order chi connectivity index (χ0) is 72.2. The molecule has 8 saturated heterocycles. The molecule has 3 amide bonds. The minimum atomic E-state index is -2.56. The van der Waals surface area contributed by atoms with Gasteiger partial charge in [0.2, 0.25) is 17.7 Å². The van der Waals surface area contributed by atoms with Crippen LogP contribution in [0.15, 0.2) is 0 Å². The number of aliphatic hydroxyl groups excluding tert-OH is 23. The molecule has 568 valence electrons. The van der Waals surface area contributed by atoms with E-state index in [1.807, 2.05) is 0 Å². The summed E-state index contributed by atoms with van der Waals surface area (Å²) >= 11 is 0. The van der Waals surface area contributed by atoms with Crippen molar-refractivity contribution < 1.29 is 203 Å². The summed E-state index contributed by atoms with van der Waals surface area (Å²) in [6.07, 6.45) is -77.4. The quantitative estimate of drug-likeness (QED) is 0.0404. The van der Waals surface area contributed by atoms with Crippen molar-refractivity contribution in [1.29, 1.82) is 0 Å². The van der Waals surface area contributed by atoms with E-state index in [0.29, 0.717) is 0 Å². The molecule has 0 bridgehead atoms. The van der Waals surface area contributed by atoms with Gasteiger partial charge < -0.3 is 204 Å². The molecule has 0 saturated carbocycles. The Kier molecular flexibility index (Phi) is 28.9. The normalized spacial score (nSPS) is 49.5. The lowest BCUT2D eigenvalue weighted by Gasteiger charge is -2.51. The monoisotopic (exact) mass is 1440 g/mol. The predicted octanol–water partition coefficient (Wildman–Crippen LogP) is -18.0. The highest BCUT2D eigenvalue weighted by Gasteiger charge is 2.60. The standard InChI is InChI=1S/C54H91N3O41/c1-12(64)55-23-34(75)42(20(9-63)86-47(23)83)94-54-41(82)46(98-53-40(81)44(30(71)19(8-62)91-53)96-49-25(57-14(3)66)33(74)27(68)16(5-59)88-49)43(95-48-24(56-13(2)65)32(73)26(67)15(4-58)87-48)22(93-54)11-85-51-39(80)45(97-52-38(79)36(77)29(70)18(7-61)90-52)31(72)21(92-51)10-84-50-37(78)35(76)28(69)17(6-60)89-50/h15-54,58-63,67-83H,4-11H2,1-3H3,(H,55,64)(H,56,65)(H,57,66)/t15-,16-,17-,18-,19-,20-,21-,22-,23-,24-,25-,26-,27-,28-,29-,30-,31-,32-,33-,34-,35+,36+,37+,38+,39+,40+,41+,42-,43-,44+,45+,46-,47-,48+,49+,50+,51+,52-,53-,54+/m1/s1. The van der Waals surface area contributed by atoms with E-state index in [4.69, 9.17) is 71.1 Å². The van der Waals surface area contributed by atoms with Crippen LogP contribution in [0.25, 0.3) is 0 Å². The molecule has 0 aromatic carbocycles. The summed E-state index contributed by atoms with van der Waals surface area (Å²) in [7, 11) is 0. The smallest absolute Gasteiger partial charge is 0.217 e. The third kappa shape index (κ3) is 17.6. The van der Waals surface area contributed by atoms with Crippen LogP contribution in [-0.2, 0) is 85.4 Å². The van der Waals surface area contributed by atoms with Crippen LogP contribution in [0.1, 0.15) is 20.8 Å². The summed E-state index contributed by atoms with van der Waals surface area (Å²) in [6.45, 7) is -5.63. The van der Waals surface area contributed by atoms with Gasteiger partial charge in [-0.25, -0.2) is 0 Å². The molecule has 0 aromatic heterocycles. The molecule has 98 heavy (non-hydrogen) atoms. The number of nitrogens with one attached hydrogen (secondary N) is 3. The van der Waals surface area contributed by atoms with Crippen molar-refractivity contribution in [3.63, 3.8) is 0 Å². The summed E-state index contributed by atoms with van der Waals surface area (Å²) in [5.74, 6) is -2.63. The predicted molar refractivity (Wildman–Crippen MR) is 299 cm³/mol. The number of aliphatic hydroxyl groups is 23. The summed E-state index contributed by atoms with van der Waals surface area (Å²) < 4.78 is 88.7. The van der Waals surface area contributed by atoms with Crippen molar-refractivity contribution in [1.82, 2.24) is 16.0 Å². The van der Waals surface area contributed by atoms with Crippen LogP contribution < -0.4 is 16.0 Å². The number of hydrogen-bond donors (Lipinski definition) is 26. The summed E-state index contributed by atoms with van der Waals surface area (Å²) in [5, 5.41) is 260. The summed E-state index contributed by atoms with van der Waals surface area (Å²) in [5.41, 5.74) is 0. The molecular weight excluding hydrogens is 1350 g/mol. The molecule has 8 aliphatic heterocycles. The van der Waals surface area contributed by atoms with E-state index in [1.54, 1.807) is 0 Å². The minimum absolute atomic E-state index is 0.850. The maximum Gasteiger partial charge on any atom is 0.217 e. The van der Waals surface area contributed by atoms with Gasteiger partial charge in [-0.2, -0.15) is 0 Å². The van der Waals surface area contributed by atoms with Gasteiger partial charge in [0.25, 0.3) is 0 Å². The minimum Gasteiger partial charge on any atom is -0.394 e. The van der Waals surface area contributed by atoms with Crippen molar-refractivity contribution in [3.8, 4) is 0 Å². The third-order valence-corrected chi connectivity index (χ3v) is 17.8. The molecule has 8 heterocycles. The molecular formula is C54H91N3O41. The number of ether oxygens (including phenoxy) is 15. The van der Waals surface area contributed by atoms with Crippen LogP contribution in [0.3, 0.4) is 0 Å². The topological polar surface area (TPSA) is 691 Å². The van der Waals surface area contributed by atoms with Crippen LogP contribution in [0.4, 0.5) is 0 Å². The lowest BCUT2D eigenvalue weighted by atomic mass is 9.94. The number of carbonyl (C=O) groups is 3. The summed E-state index contributed by atoms with van der Waals surface area (Å²) in [6, 6.07) is -5.44. The fourth-order valence-electron chi connectivity index (χ4n) is 12.5. The molecule has 8 rings (SSSR count). The second-order valence-electron chi connectivity index (χ2n) is 24.7. The van der Waals surface area contributed by atoms with Crippen LogP contribution in [0.2, 0.25) is 0 Å². The average molecular weight is 1440 g/mol. The van der Waals surface area contributed by atoms with Crippen molar-refractivity contribution in [2.24, 2.45) is 0 Å². The molecule has 26 N–H and O–H groups in total. The van der Waals surface area contributed by atoms with E-state index < -0.39 is 316 Å². The zero-order valence-electron chi connectivity index (χ0n) is 52.4. The number of amides is 3. The zero-order valence-corrected chi connectivity index (χ0v) is 52.4. The van der Waals surface area contributed by atoms with Gasteiger partial charge in [0.15, 0.2) is 50.3 Å². The van der Waals surface area contributed by atoms with Crippen LogP contribution >= 0.6 is 0 Å². The van der Waals surface area contributed by atoms with Crippen LogP contribution in [-0.4, -0.2) is 433 Å². The fourth-order valence-corrected chi connectivity index (χ4v) is 12.5. The Hall–Kier alpha value is -3.11. The second-order valence-corrected chi connectivity index (χ2v) is 24.7. The Bertz CT molecular complexity index is 2510. The second kappa shape index (κ2) is 35.1. The lowest BCUT2D eigenvalue weighted by molar-refractivity contribution is -0.402. The highest BCUT2D eigenvalue weighted by molar-refractivity contribution is 5.74. The van der Waals surface area contributed by atoms with E-state index >= 15 is 0 Å². The Labute approximate surface area is 554 Å². The molecule has 8 aliphatic rings. The van der Waals surface area contributed by atoms with E-state index in [9.17, 15) is 132 Å². The van der Waals surface area contributed by atoms with Crippen molar-refractivity contribution in [3.05, 3.63) is 0 Å². The highest BCUT2D eigenvalue weighted by Crippen LogP contribution is 2.39. The maximum absolute atomic E-state index is 12.8. The number of rotatable bonds is 25. The Morgan fingerprint density at radius 1 is 0.265 bits per heavy atom. The molecule has 0 radical (unpaired) electrons. The van der Waals surface area contributed by atoms with Crippen LogP contribution in [0.5, 0.6) is 0 Å². The Morgan fingerprint density at radius 3 is 1.02 bits per heavy atom. The molecule has 0 spiro atoms. The molecule has 44 heteroatoms. The van der Waals surface area contributed by atoms with Crippen LogP contribution in [0, 0.1) is 0 Å². The first-order valence-electron chi connectivity index (χ1n) is 31.1. The van der Waals surface area contributed by atoms with Crippen molar-refractivity contribution in [2.75, 3.05) is 52.9 Å². The van der Waals surface area contributed by atoms with Gasteiger partial charge in [-0.15, -0.1) is 0 Å². The van der Waals surface area contributed by atoms with E-state index in [2.05, 4.69) is 16.0 Å². The van der Waals surface area contributed by atoms with Gasteiger partial charge in [0.05, 0.1) is 52.9 Å². The molecule has 8 fully saturated rings. The van der Waals surface area contributed by atoms with Gasteiger partial charge >= 0.3 is 0 Å². The molecule has 0 aliphatic carbocycles. The summed E-state index contributed by atoms with van der Waals surface area (Å²) in [4.78, 5) is 37.6. The molecule has 44 nitrogen and oxygen atoms in total. The van der Waals surface area contributed by atoms with Gasteiger partial charge in [0, 0.05) is 20.8 Å². The first-order valence-corrected chi connectivity index (χ1v) is 31.1.